The summed E-state index contributed by atoms with van der Waals surface area (Å²) in [5.74, 6) is -0.351. The van der Waals surface area contributed by atoms with Gasteiger partial charge in [-0.15, -0.1) is 0 Å². The number of rotatable bonds is 6. The fraction of sp³-hybridized carbons (Fsp3) is 0.276. The lowest BCUT2D eigenvalue weighted by molar-refractivity contribution is -0.139. The molecule has 2 amide bonds. The number of amides is 2. The summed E-state index contributed by atoms with van der Waals surface area (Å²) in [7, 11) is 0. The van der Waals surface area contributed by atoms with Crippen LogP contribution in [0.15, 0.2) is 71.8 Å². The van der Waals surface area contributed by atoms with Gasteiger partial charge in [-0.05, 0) is 48.2 Å². The third-order valence-corrected chi connectivity index (χ3v) is 7.33. The van der Waals surface area contributed by atoms with Crippen molar-refractivity contribution in [3.05, 3.63) is 94.5 Å². The molecule has 1 heterocycles. The largest absolute Gasteiger partial charge is 0.494 e. The molecular formula is C29H26N2O4. The molecule has 0 unspecified atom stereocenters. The van der Waals surface area contributed by atoms with Crippen LogP contribution < -0.4 is 9.47 Å². The molecule has 2 atom stereocenters. The first kappa shape index (κ1) is 21.6. The van der Waals surface area contributed by atoms with Crippen LogP contribution in [0.25, 0.3) is 0 Å². The lowest BCUT2D eigenvalue weighted by Gasteiger charge is -2.45. The highest BCUT2D eigenvalue weighted by Crippen LogP contribution is 2.60. The van der Waals surface area contributed by atoms with Crippen molar-refractivity contribution in [2.75, 3.05) is 13.2 Å². The first-order chi connectivity index (χ1) is 17.1. The summed E-state index contributed by atoms with van der Waals surface area (Å²) >= 11 is 0. The zero-order valence-electron chi connectivity index (χ0n) is 19.7. The highest BCUT2D eigenvalue weighted by atomic mass is 16.5. The lowest BCUT2D eigenvalue weighted by Crippen LogP contribution is -2.41. The van der Waals surface area contributed by atoms with Crippen LogP contribution in [0, 0.1) is 11.8 Å². The van der Waals surface area contributed by atoms with Gasteiger partial charge in [0.25, 0.3) is 11.8 Å². The van der Waals surface area contributed by atoms with E-state index in [-0.39, 0.29) is 23.7 Å². The standard InChI is InChI=1S/C29H26N2O4/c1-3-34-18-14-13-17(23(15-18)35-4-2)16-30-31-28(32)26-24-19-9-5-6-10-20(19)25(27(26)29(31)33)22-12-8-7-11-21(22)24/h5-16,24-27H,3-4H2,1-2H3/b30-16-/t24?,25?,26-,27+. The van der Waals surface area contributed by atoms with Gasteiger partial charge in [0.15, 0.2) is 0 Å². The molecule has 0 aromatic heterocycles. The maximum absolute atomic E-state index is 13.7. The van der Waals surface area contributed by atoms with E-state index in [4.69, 9.17) is 9.47 Å². The van der Waals surface area contributed by atoms with Gasteiger partial charge in [-0.2, -0.15) is 10.1 Å². The van der Waals surface area contributed by atoms with Crippen LogP contribution in [0.3, 0.4) is 0 Å². The van der Waals surface area contributed by atoms with Crippen LogP contribution in [0.1, 0.15) is 53.5 Å². The number of hydrogen-bond acceptors (Lipinski definition) is 5. The smallest absolute Gasteiger partial charge is 0.254 e. The molecule has 4 aliphatic rings. The van der Waals surface area contributed by atoms with Crippen molar-refractivity contribution in [3.8, 4) is 11.5 Å². The number of imide groups is 1. The van der Waals surface area contributed by atoms with E-state index in [0.717, 1.165) is 27.3 Å². The summed E-state index contributed by atoms with van der Waals surface area (Å²) < 4.78 is 11.3. The molecule has 3 aliphatic carbocycles. The summed E-state index contributed by atoms with van der Waals surface area (Å²) in [5.41, 5.74) is 5.27. The first-order valence-electron chi connectivity index (χ1n) is 12.1. The second-order valence-electron chi connectivity index (χ2n) is 9.06. The van der Waals surface area contributed by atoms with Gasteiger partial charge in [-0.3, -0.25) is 9.59 Å². The minimum absolute atomic E-state index is 0.140. The Kier molecular flexibility index (Phi) is 5.17. The van der Waals surface area contributed by atoms with Crippen molar-refractivity contribution in [1.29, 1.82) is 0 Å². The highest BCUT2D eigenvalue weighted by Gasteiger charge is 2.61. The first-order valence-corrected chi connectivity index (χ1v) is 12.1. The Morgan fingerprint density at radius 3 is 1.77 bits per heavy atom. The van der Waals surface area contributed by atoms with Gasteiger partial charge < -0.3 is 9.47 Å². The van der Waals surface area contributed by atoms with Gasteiger partial charge in [0.2, 0.25) is 0 Å². The molecule has 1 fully saturated rings. The van der Waals surface area contributed by atoms with E-state index in [1.54, 1.807) is 6.07 Å². The molecule has 2 bridgehead atoms. The molecule has 0 radical (unpaired) electrons. The molecule has 3 aromatic rings. The molecule has 6 nitrogen and oxygen atoms in total. The van der Waals surface area contributed by atoms with Crippen LogP contribution in [0.5, 0.6) is 11.5 Å². The number of hydrazone groups is 1. The zero-order chi connectivity index (χ0) is 24.1. The summed E-state index contributed by atoms with van der Waals surface area (Å²) in [4.78, 5) is 27.3. The Bertz CT molecular complexity index is 1250. The molecule has 0 saturated carbocycles. The Morgan fingerprint density at radius 2 is 1.29 bits per heavy atom. The minimum Gasteiger partial charge on any atom is -0.494 e. The van der Waals surface area contributed by atoms with E-state index in [0.29, 0.717) is 30.3 Å². The minimum atomic E-state index is -0.443. The fourth-order valence-electron chi connectivity index (χ4n) is 6.05. The van der Waals surface area contributed by atoms with E-state index in [9.17, 15) is 9.59 Å². The number of carbonyl (C=O) groups excluding carboxylic acids is 2. The SMILES string of the molecule is CCOc1ccc(/C=N\N2C(=O)[C@@H]3C4c5ccccc5C(c5ccccc54)[C@@H]3C2=O)c(OCC)c1. The van der Waals surface area contributed by atoms with Crippen molar-refractivity contribution >= 4 is 18.0 Å². The van der Waals surface area contributed by atoms with E-state index < -0.39 is 11.8 Å². The van der Waals surface area contributed by atoms with Gasteiger partial charge in [0.05, 0.1) is 31.3 Å². The summed E-state index contributed by atoms with van der Waals surface area (Å²) in [5, 5.41) is 5.49. The maximum atomic E-state index is 13.7. The molecule has 1 saturated heterocycles. The number of nitrogens with zero attached hydrogens (tertiary/aromatic N) is 2. The molecule has 0 N–H and O–H groups in total. The van der Waals surface area contributed by atoms with E-state index >= 15 is 0 Å². The number of carbonyl (C=O) groups is 2. The normalized spacial score (nSPS) is 23.9. The third kappa shape index (κ3) is 3.20. The Labute approximate surface area is 204 Å². The fourth-order valence-corrected chi connectivity index (χ4v) is 6.05. The van der Waals surface area contributed by atoms with Crippen molar-refractivity contribution in [3.63, 3.8) is 0 Å². The molecule has 1 aliphatic heterocycles. The van der Waals surface area contributed by atoms with Crippen LogP contribution in [-0.2, 0) is 9.59 Å². The molecule has 7 rings (SSSR count). The zero-order valence-corrected chi connectivity index (χ0v) is 19.7. The second-order valence-corrected chi connectivity index (χ2v) is 9.06. The molecule has 176 valence electrons. The third-order valence-electron chi connectivity index (χ3n) is 7.33. The summed E-state index contributed by atoms with van der Waals surface area (Å²) in [6, 6.07) is 21.9. The summed E-state index contributed by atoms with van der Waals surface area (Å²) in [6.07, 6.45) is 1.54. The molecule has 3 aromatic carbocycles. The molecule has 6 heteroatoms. The van der Waals surface area contributed by atoms with Crippen molar-refractivity contribution in [2.45, 2.75) is 25.7 Å². The van der Waals surface area contributed by atoms with Crippen LogP contribution in [0.2, 0.25) is 0 Å². The van der Waals surface area contributed by atoms with Gasteiger partial charge in [0, 0.05) is 23.5 Å². The van der Waals surface area contributed by atoms with E-state index in [1.165, 1.54) is 6.21 Å². The quantitative estimate of drug-likeness (QED) is 0.390. The molecule has 0 spiro atoms. The second kappa shape index (κ2) is 8.38. The van der Waals surface area contributed by atoms with Gasteiger partial charge in [-0.25, -0.2) is 0 Å². The number of ether oxygens (including phenoxy) is 2. The average Bonchev–Trinajstić information content (AvgIpc) is 3.14. The lowest BCUT2D eigenvalue weighted by atomic mass is 9.55. The monoisotopic (exact) mass is 466 g/mol. The van der Waals surface area contributed by atoms with Crippen LogP contribution in [0.4, 0.5) is 0 Å². The van der Waals surface area contributed by atoms with Gasteiger partial charge in [0.1, 0.15) is 11.5 Å². The highest BCUT2D eigenvalue weighted by molar-refractivity contribution is 6.08. The van der Waals surface area contributed by atoms with E-state index in [1.807, 2.05) is 50.2 Å². The molecular weight excluding hydrogens is 440 g/mol. The van der Waals surface area contributed by atoms with Gasteiger partial charge in [-0.1, -0.05) is 48.5 Å². The predicted octanol–water partition coefficient (Wildman–Crippen LogP) is 4.71. The maximum Gasteiger partial charge on any atom is 0.254 e. The van der Waals surface area contributed by atoms with Crippen molar-refractivity contribution < 1.29 is 19.1 Å². The summed E-state index contributed by atoms with van der Waals surface area (Å²) in [6.45, 7) is 4.84. The van der Waals surface area contributed by atoms with Crippen LogP contribution in [-0.4, -0.2) is 36.3 Å². The Balaban J connectivity index is 1.38. The van der Waals surface area contributed by atoms with Crippen molar-refractivity contribution in [2.24, 2.45) is 16.9 Å². The van der Waals surface area contributed by atoms with E-state index in [2.05, 4.69) is 29.4 Å². The van der Waals surface area contributed by atoms with Crippen LogP contribution >= 0.6 is 0 Å². The van der Waals surface area contributed by atoms with Gasteiger partial charge >= 0.3 is 0 Å². The Hall–Kier alpha value is -3.93. The molecule has 35 heavy (non-hydrogen) atoms. The number of hydrogen-bond donors (Lipinski definition) is 0. The Morgan fingerprint density at radius 1 is 0.771 bits per heavy atom. The predicted molar refractivity (Wildman–Crippen MR) is 132 cm³/mol. The average molecular weight is 467 g/mol. The number of benzene rings is 3. The van der Waals surface area contributed by atoms with Crippen molar-refractivity contribution in [1.82, 2.24) is 5.01 Å². The topological polar surface area (TPSA) is 68.2 Å².